The van der Waals surface area contributed by atoms with Crippen LogP contribution in [0.2, 0.25) is 0 Å². The first kappa shape index (κ1) is 13.1. The number of fused-ring (bicyclic) bond motifs is 1. The van der Waals surface area contributed by atoms with E-state index in [9.17, 15) is 10.1 Å². The number of hydrogen-bond donors (Lipinski definition) is 1. The predicted octanol–water partition coefficient (Wildman–Crippen LogP) is 3.68. The standard InChI is InChI=1S/C18H14N2O/c1-11-8-17(21)15-9-14(13-6-4-3-5-7-13)12(2)16(10-19)18(15)20-11/h3-9H,1-2H3,(H,20,21). The molecule has 0 bridgehead atoms. The van der Waals surface area contributed by atoms with Gasteiger partial charge in [-0.2, -0.15) is 5.26 Å². The summed E-state index contributed by atoms with van der Waals surface area (Å²) in [6, 6.07) is 15.5. The third kappa shape index (κ3) is 2.11. The first-order valence-corrected chi connectivity index (χ1v) is 6.74. The average molecular weight is 274 g/mol. The highest BCUT2D eigenvalue weighted by Gasteiger charge is 2.13. The molecule has 1 N–H and O–H groups in total. The van der Waals surface area contributed by atoms with E-state index >= 15 is 0 Å². The summed E-state index contributed by atoms with van der Waals surface area (Å²) in [7, 11) is 0. The normalized spacial score (nSPS) is 10.5. The summed E-state index contributed by atoms with van der Waals surface area (Å²) in [5, 5.41) is 10.1. The number of aromatic nitrogens is 1. The minimum absolute atomic E-state index is 0.0602. The minimum Gasteiger partial charge on any atom is -0.357 e. The number of nitriles is 1. The summed E-state index contributed by atoms with van der Waals surface area (Å²) >= 11 is 0. The van der Waals surface area contributed by atoms with Crippen LogP contribution in [0, 0.1) is 25.2 Å². The Morgan fingerprint density at radius 3 is 2.48 bits per heavy atom. The van der Waals surface area contributed by atoms with Crippen LogP contribution < -0.4 is 5.43 Å². The monoisotopic (exact) mass is 274 g/mol. The van der Waals surface area contributed by atoms with Crippen LogP contribution in [-0.2, 0) is 0 Å². The van der Waals surface area contributed by atoms with Gasteiger partial charge in [0, 0.05) is 17.1 Å². The van der Waals surface area contributed by atoms with E-state index in [0.717, 1.165) is 22.4 Å². The zero-order valence-electron chi connectivity index (χ0n) is 11.9. The number of hydrogen-bond acceptors (Lipinski definition) is 2. The number of pyridine rings is 1. The number of benzene rings is 2. The SMILES string of the molecule is Cc1cc(=O)c2cc(-c3ccccc3)c(C)c(C#N)c2[nH]1. The lowest BCUT2D eigenvalue weighted by molar-refractivity contribution is 1.23. The van der Waals surface area contributed by atoms with E-state index in [1.807, 2.05) is 50.2 Å². The summed E-state index contributed by atoms with van der Waals surface area (Å²) in [4.78, 5) is 15.4. The van der Waals surface area contributed by atoms with Crippen LogP contribution in [0.3, 0.4) is 0 Å². The van der Waals surface area contributed by atoms with Gasteiger partial charge in [-0.15, -0.1) is 0 Å². The Balaban J connectivity index is 2.48. The number of aromatic amines is 1. The molecule has 0 aliphatic rings. The first-order chi connectivity index (χ1) is 10.1. The summed E-state index contributed by atoms with van der Waals surface area (Å²) in [5.41, 5.74) is 4.68. The Kier molecular flexibility index (Phi) is 3.08. The maximum absolute atomic E-state index is 12.2. The van der Waals surface area contributed by atoms with Crippen molar-refractivity contribution in [1.82, 2.24) is 4.98 Å². The van der Waals surface area contributed by atoms with Gasteiger partial charge in [-0.05, 0) is 36.6 Å². The fourth-order valence-corrected chi connectivity index (χ4v) is 2.67. The second-order valence-electron chi connectivity index (χ2n) is 5.14. The molecule has 0 unspecified atom stereocenters. The molecule has 3 aromatic rings. The maximum Gasteiger partial charge on any atom is 0.189 e. The van der Waals surface area contributed by atoms with E-state index in [1.165, 1.54) is 0 Å². The molecule has 0 radical (unpaired) electrons. The molecule has 102 valence electrons. The third-order valence-electron chi connectivity index (χ3n) is 3.72. The third-order valence-corrected chi connectivity index (χ3v) is 3.72. The van der Waals surface area contributed by atoms with Gasteiger partial charge in [-0.3, -0.25) is 4.79 Å². The molecular formula is C18H14N2O. The van der Waals surface area contributed by atoms with Crippen LogP contribution in [-0.4, -0.2) is 4.98 Å². The Labute approximate surface area is 122 Å². The van der Waals surface area contributed by atoms with Crippen molar-refractivity contribution >= 4 is 10.9 Å². The van der Waals surface area contributed by atoms with E-state index in [4.69, 9.17) is 0 Å². The molecule has 3 nitrogen and oxygen atoms in total. The highest BCUT2D eigenvalue weighted by Crippen LogP contribution is 2.29. The lowest BCUT2D eigenvalue weighted by atomic mass is 9.93. The second kappa shape index (κ2) is 4.92. The number of H-pyrrole nitrogens is 1. The van der Waals surface area contributed by atoms with E-state index < -0.39 is 0 Å². The molecule has 0 saturated carbocycles. The van der Waals surface area contributed by atoms with Crippen molar-refractivity contribution in [3.63, 3.8) is 0 Å². The molecule has 0 fully saturated rings. The van der Waals surface area contributed by atoms with Crippen LogP contribution in [0.15, 0.2) is 47.3 Å². The molecule has 2 aromatic carbocycles. The Morgan fingerprint density at radius 1 is 1.10 bits per heavy atom. The number of nitrogens with zero attached hydrogens (tertiary/aromatic N) is 1. The Bertz CT molecular complexity index is 931. The molecule has 0 saturated heterocycles. The van der Waals surface area contributed by atoms with Crippen LogP contribution in [0.5, 0.6) is 0 Å². The second-order valence-corrected chi connectivity index (χ2v) is 5.14. The minimum atomic E-state index is -0.0602. The number of rotatable bonds is 1. The fourth-order valence-electron chi connectivity index (χ4n) is 2.67. The molecule has 1 heterocycles. The van der Waals surface area contributed by atoms with Gasteiger partial charge in [-0.1, -0.05) is 30.3 Å². The van der Waals surface area contributed by atoms with Gasteiger partial charge in [0.1, 0.15) is 6.07 Å². The van der Waals surface area contributed by atoms with Crippen molar-refractivity contribution in [1.29, 1.82) is 5.26 Å². The smallest absolute Gasteiger partial charge is 0.189 e. The molecule has 0 atom stereocenters. The van der Waals surface area contributed by atoms with Crippen molar-refractivity contribution in [3.05, 3.63) is 69.5 Å². The number of nitrogens with one attached hydrogen (secondary N) is 1. The van der Waals surface area contributed by atoms with E-state index in [0.29, 0.717) is 16.5 Å². The van der Waals surface area contributed by atoms with Gasteiger partial charge in [0.05, 0.1) is 11.1 Å². The zero-order valence-corrected chi connectivity index (χ0v) is 11.9. The topological polar surface area (TPSA) is 56.6 Å². The highest BCUT2D eigenvalue weighted by molar-refractivity contribution is 5.91. The van der Waals surface area contributed by atoms with Gasteiger partial charge in [0.2, 0.25) is 0 Å². The van der Waals surface area contributed by atoms with Crippen LogP contribution in [0.1, 0.15) is 16.8 Å². The molecule has 3 rings (SSSR count). The van der Waals surface area contributed by atoms with E-state index in [-0.39, 0.29) is 5.43 Å². The maximum atomic E-state index is 12.2. The van der Waals surface area contributed by atoms with Gasteiger partial charge < -0.3 is 4.98 Å². The van der Waals surface area contributed by atoms with E-state index in [1.54, 1.807) is 6.07 Å². The fraction of sp³-hybridized carbons (Fsp3) is 0.111. The Morgan fingerprint density at radius 2 is 1.81 bits per heavy atom. The van der Waals surface area contributed by atoms with Gasteiger partial charge in [0.15, 0.2) is 5.43 Å². The first-order valence-electron chi connectivity index (χ1n) is 6.74. The highest BCUT2D eigenvalue weighted by atomic mass is 16.1. The lowest BCUT2D eigenvalue weighted by Gasteiger charge is -2.11. The van der Waals surface area contributed by atoms with Crippen molar-refractivity contribution in [2.75, 3.05) is 0 Å². The predicted molar refractivity (Wildman–Crippen MR) is 84.2 cm³/mol. The van der Waals surface area contributed by atoms with Gasteiger partial charge in [-0.25, -0.2) is 0 Å². The molecule has 0 aliphatic heterocycles. The Hall–Kier alpha value is -2.86. The molecule has 1 aromatic heterocycles. The molecular weight excluding hydrogens is 260 g/mol. The van der Waals surface area contributed by atoms with Crippen molar-refractivity contribution in [2.45, 2.75) is 13.8 Å². The summed E-state index contributed by atoms with van der Waals surface area (Å²) in [6.07, 6.45) is 0. The van der Waals surface area contributed by atoms with Gasteiger partial charge >= 0.3 is 0 Å². The summed E-state index contributed by atoms with van der Waals surface area (Å²) in [6.45, 7) is 3.74. The summed E-state index contributed by atoms with van der Waals surface area (Å²) < 4.78 is 0. The van der Waals surface area contributed by atoms with Crippen molar-refractivity contribution in [3.8, 4) is 17.2 Å². The molecule has 21 heavy (non-hydrogen) atoms. The van der Waals surface area contributed by atoms with Crippen LogP contribution in [0.25, 0.3) is 22.0 Å². The summed E-state index contributed by atoms with van der Waals surface area (Å²) in [5.74, 6) is 0. The van der Waals surface area contributed by atoms with Crippen LogP contribution in [0.4, 0.5) is 0 Å². The van der Waals surface area contributed by atoms with Gasteiger partial charge in [0.25, 0.3) is 0 Å². The average Bonchev–Trinajstić information content (AvgIpc) is 2.47. The molecule has 3 heteroatoms. The molecule has 0 spiro atoms. The lowest BCUT2D eigenvalue weighted by Crippen LogP contribution is -2.06. The zero-order chi connectivity index (χ0) is 15.0. The molecule has 0 aliphatic carbocycles. The van der Waals surface area contributed by atoms with Crippen molar-refractivity contribution < 1.29 is 0 Å². The molecule has 0 amide bonds. The van der Waals surface area contributed by atoms with Crippen LogP contribution >= 0.6 is 0 Å². The van der Waals surface area contributed by atoms with Crippen molar-refractivity contribution in [2.24, 2.45) is 0 Å². The largest absolute Gasteiger partial charge is 0.357 e. The van der Waals surface area contributed by atoms with E-state index in [2.05, 4.69) is 11.1 Å². The quantitative estimate of drug-likeness (QED) is 0.735. The number of aryl methyl sites for hydroxylation is 1.